The third-order valence-electron chi connectivity index (χ3n) is 9.21. The van der Waals surface area contributed by atoms with Crippen molar-refractivity contribution in [1.82, 2.24) is 15.1 Å². The van der Waals surface area contributed by atoms with Gasteiger partial charge in [0.25, 0.3) is 5.91 Å². The van der Waals surface area contributed by atoms with Gasteiger partial charge in [-0.15, -0.1) is 0 Å². The summed E-state index contributed by atoms with van der Waals surface area (Å²) >= 11 is 0. The number of ether oxygens (including phenoxy) is 1. The van der Waals surface area contributed by atoms with Crippen molar-refractivity contribution in [2.75, 3.05) is 39.3 Å². The number of carbonyl (C=O) groups is 1. The molecule has 5 nitrogen and oxygen atoms in total. The number of piperidine rings is 2. The van der Waals surface area contributed by atoms with Crippen molar-refractivity contribution in [2.24, 2.45) is 5.92 Å². The van der Waals surface area contributed by atoms with Gasteiger partial charge in [0, 0.05) is 45.2 Å². The molecule has 1 amide bonds. The van der Waals surface area contributed by atoms with Gasteiger partial charge < -0.3 is 15.0 Å². The fraction of sp³-hybridized carbons (Fsp3) is 0.359. The second-order valence-electron chi connectivity index (χ2n) is 12.4. The fourth-order valence-electron chi connectivity index (χ4n) is 6.81. The zero-order chi connectivity index (χ0) is 30.0. The highest BCUT2D eigenvalue weighted by molar-refractivity contribution is 5.96. The van der Waals surface area contributed by atoms with Crippen LogP contribution in [0, 0.1) is 5.92 Å². The largest absolute Gasteiger partial charge is 0.489 e. The van der Waals surface area contributed by atoms with Gasteiger partial charge in [-0.05, 0) is 67.0 Å². The van der Waals surface area contributed by atoms with Crippen LogP contribution in [-0.4, -0.2) is 61.1 Å². The number of hydrogen-bond donors (Lipinski definition) is 1. The number of amides is 1. The standard InChI is InChI=1S/C39H45N3O2/c43-39(40-27-32-15-12-24-42(29-32)28-31-13-4-1-5-14-31)36-20-10-11-21-38(36)44-35-22-25-41(26-23-35)30-37(33-16-6-2-7-17-33)34-18-8-3-9-19-34/h1-11,13-14,16-21,32,35,37H,12,15,22-30H2,(H,40,43). The van der Waals surface area contributed by atoms with E-state index in [1.165, 1.54) is 23.1 Å². The Kier molecular flexibility index (Phi) is 10.4. The van der Waals surface area contributed by atoms with E-state index in [0.717, 1.165) is 58.5 Å². The summed E-state index contributed by atoms with van der Waals surface area (Å²) in [6.07, 6.45) is 4.33. The van der Waals surface area contributed by atoms with Crippen molar-refractivity contribution in [3.05, 3.63) is 138 Å². The van der Waals surface area contributed by atoms with Gasteiger partial charge >= 0.3 is 0 Å². The Labute approximate surface area is 262 Å². The Hall–Kier alpha value is -3.93. The number of nitrogens with one attached hydrogen (secondary N) is 1. The van der Waals surface area contributed by atoms with Crippen molar-refractivity contribution in [3.63, 3.8) is 0 Å². The van der Waals surface area contributed by atoms with E-state index >= 15 is 0 Å². The van der Waals surface area contributed by atoms with Crippen LogP contribution in [0.3, 0.4) is 0 Å². The lowest BCUT2D eigenvalue weighted by molar-refractivity contribution is 0.0885. The summed E-state index contributed by atoms with van der Waals surface area (Å²) in [5.41, 5.74) is 4.70. The molecule has 1 N–H and O–H groups in total. The number of benzene rings is 4. The van der Waals surface area contributed by atoms with E-state index in [9.17, 15) is 4.79 Å². The lowest BCUT2D eigenvalue weighted by Gasteiger charge is -2.35. The monoisotopic (exact) mass is 587 g/mol. The first kappa shape index (κ1) is 30.1. The summed E-state index contributed by atoms with van der Waals surface area (Å²) in [4.78, 5) is 18.4. The van der Waals surface area contributed by atoms with Gasteiger partial charge in [-0.1, -0.05) is 103 Å². The molecule has 0 bridgehead atoms. The Morgan fingerprint density at radius 3 is 2.02 bits per heavy atom. The molecule has 5 heteroatoms. The molecule has 0 spiro atoms. The van der Waals surface area contributed by atoms with Crippen LogP contribution in [-0.2, 0) is 6.54 Å². The molecule has 228 valence electrons. The van der Waals surface area contributed by atoms with Crippen LogP contribution in [0.1, 0.15) is 58.6 Å². The third kappa shape index (κ3) is 8.16. The second-order valence-corrected chi connectivity index (χ2v) is 12.4. The zero-order valence-corrected chi connectivity index (χ0v) is 25.7. The smallest absolute Gasteiger partial charge is 0.255 e. The van der Waals surface area contributed by atoms with Gasteiger partial charge in [-0.3, -0.25) is 9.69 Å². The Balaban J connectivity index is 1.00. The van der Waals surface area contributed by atoms with Crippen LogP contribution in [0.25, 0.3) is 0 Å². The number of para-hydroxylation sites is 1. The van der Waals surface area contributed by atoms with Gasteiger partial charge in [0.1, 0.15) is 11.9 Å². The van der Waals surface area contributed by atoms with Crippen LogP contribution >= 0.6 is 0 Å². The molecule has 0 aliphatic carbocycles. The summed E-state index contributed by atoms with van der Waals surface area (Å²) < 4.78 is 6.51. The van der Waals surface area contributed by atoms with Crippen LogP contribution in [0.15, 0.2) is 115 Å². The van der Waals surface area contributed by atoms with Crippen LogP contribution in [0.5, 0.6) is 5.75 Å². The van der Waals surface area contributed by atoms with Crippen LogP contribution < -0.4 is 10.1 Å². The highest BCUT2D eigenvalue weighted by Crippen LogP contribution is 2.29. The van der Waals surface area contributed by atoms with Gasteiger partial charge in [0.05, 0.1) is 5.56 Å². The van der Waals surface area contributed by atoms with Crippen molar-refractivity contribution in [3.8, 4) is 5.75 Å². The number of hydrogen-bond acceptors (Lipinski definition) is 4. The molecule has 2 aliphatic rings. The Bertz CT molecular complexity index is 1400. The quantitative estimate of drug-likeness (QED) is 0.205. The molecule has 4 aromatic rings. The molecule has 2 aliphatic heterocycles. The number of rotatable bonds is 11. The van der Waals surface area contributed by atoms with E-state index in [1.54, 1.807) is 0 Å². The second kappa shape index (κ2) is 15.2. The van der Waals surface area contributed by atoms with E-state index in [4.69, 9.17) is 4.74 Å². The maximum Gasteiger partial charge on any atom is 0.255 e. The highest BCUT2D eigenvalue weighted by atomic mass is 16.5. The molecule has 4 aromatic carbocycles. The van der Waals surface area contributed by atoms with Crippen molar-refractivity contribution >= 4 is 5.91 Å². The lowest BCUT2D eigenvalue weighted by atomic mass is 9.90. The maximum absolute atomic E-state index is 13.4. The van der Waals surface area contributed by atoms with Crippen molar-refractivity contribution in [2.45, 2.75) is 44.2 Å². The van der Waals surface area contributed by atoms with Gasteiger partial charge in [0.15, 0.2) is 0 Å². The zero-order valence-electron chi connectivity index (χ0n) is 25.7. The Morgan fingerprint density at radius 1 is 0.727 bits per heavy atom. The lowest BCUT2D eigenvalue weighted by Crippen LogP contribution is -2.41. The first-order valence-electron chi connectivity index (χ1n) is 16.3. The third-order valence-corrected chi connectivity index (χ3v) is 9.21. The van der Waals surface area contributed by atoms with Crippen LogP contribution in [0.2, 0.25) is 0 Å². The van der Waals surface area contributed by atoms with E-state index in [0.29, 0.717) is 29.7 Å². The SMILES string of the molecule is O=C(NCC1CCCN(Cc2ccccc2)C1)c1ccccc1OC1CCN(CC(c2ccccc2)c2ccccc2)CC1. The van der Waals surface area contributed by atoms with Gasteiger partial charge in [0.2, 0.25) is 0 Å². The van der Waals surface area contributed by atoms with E-state index in [1.807, 2.05) is 24.3 Å². The molecule has 1 atom stereocenters. The summed E-state index contributed by atoms with van der Waals surface area (Å²) in [7, 11) is 0. The van der Waals surface area contributed by atoms with Crippen LogP contribution in [0.4, 0.5) is 0 Å². The molecule has 6 rings (SSSR count). The molecule has 2 heterocycles. The number of carbonyl (C=O) groups excluding carboxylic acids is 1. The van der Waals surface area contributed by atoms with E-state index < -0.39 is 0 Å². The van der Waals surface area contributed by atoms with Gasteiger partial charge in [-0.25, -0.2) is 0 Å². The molecule has 2 fully saturated rings. The summed E-state index contributed by atoms with van der Waals surface area (Å²) in [6.45, 7) is 6.76. The molecule has 1 unspecified atom stereocenters. The maximum atomic E-state index is 13.4. The topological polar surface area (TPSA) is 44.8 Å². The van der Waals surface area contributed by atoms with E-state index in [2.05, 4.69) is 106 Å². The number of likely N-dealkylation sites (tertiary alicyclic amines) is 2. The average Bonchev–Trinajstić information content (AvgIpc) is 3.08. The molecular formula is C39H45N3O2. The normalized spacial score (nSPS) is 18.2. The van der Waals surface area contributed by atoms with Crippen molar-refractivity contribution < 1.29 is 9.53 Å². The summed E-state index contributed by atoms with van der Waals surface area (Å²) in [5.74, 6) is 1.47. The number of nitrogens with zero attached hydrogens (tertiary/aromatic N) is 2. The molecule has 0 radical (unpaired) electrons. The highest BCUT2D eigenvalue weighted by Gasteiger charge is 2.26. The minimum absolute atomic E-state index is 0.0354. The Morgan fingerprint density at radius 2 is 1.34 bits per heavy atom. The first-order chi connectivity index (χ1) is 21.7. The van der Waals surface area contributed by atoms with E-state index in [-0.39, 0.29) is 12.0 Å². The summed E-state index contributed by atoms with van der Waals surface area (Å²) in [6, 6.07) is 40.1. The predicted molar refractivity (Wildman–Crippen MR) is 178 cm³/mol. The first-order valence-corrected chi connectivity index (χ1v) is 16.3. The molecule has 0 saturated carbocycles. The van der Waals surface area contributed by atoms with Crippen molar-refractivity contribution in [1.29, 1.82) is 0 Å². The molecule has 0 aromatic heterocycles. The minimum Gasteiger partial charge on any atom is -0.489 e. The molecule has 44 heavy (non-hydrogen) atoms. The average molecular weight is 588 g/mol. The minimum atomic E-state index is -0.0354. The van der Waals surface area contributed by atoms with Gasteiger partial charge in [-0.2, -0.15) is 0 Å². The summed E-state index contributed by atoms with van der Waals surface area (Å²) in [5, 5.41) is 3.24. The molecular weight excluding hydrogens is 542 g/mol. The molecule has 2 saturated heterocycles. The predicted octanol–water partition coefficient (Wildman–Crippen LogP) is 7.00. The fourth-order valence-corrected chi connectivity index (χ4v) is 6.81.